The van der Waals surface area contributed by atoms with E-state index >= 15 is 0 Å². The van der Waals surface area contributed by atoms with Crippen LogP contribution in [0.15, 0.2) is 24.3 Å². The quantitative estimate of drug-likeness (QED) is 0.845. The van der Waals surface area contributed by atoms with E-state index in [1.54, 1.807) is 0 Å². The average Bonchev–Trinajstić information content (AvgIpc) is 3.08. The van der Waals surface area contributed by atoms with Crippen molar-refractivity contribution in [2.45, 2.75) is 39.2 Å². The normalized spacial score (nSPS) is 19.8. The first-order chi connectivity index (χ1) is 12.1. The number of nitrogens with zero attached hydrogens (tertiary/aromatic N) is 3. The lowest BCUT2D eigenvalue weighted by atomic mass is 10.1. The Balaban J connectivity index is 1.53. The van der Waals surface area contributed by atoms with E-state index in [0.717, 1.165) is 29.8 Å². The maximum absolute atomic E-state index is 12.9. The molecule has 5 heteroatoms. The van der Waals surface area contributed by atoms with Crippen molar-refractivity contribution in [3.8, 4) is 0 Å². The lowest BCUT2D eigenvalue weighted by Crippen LogP contribution is -2.42. The molecule has 25 heavy (non-hydrogen) atoms. The first-order valence-corrected chi connectivity index (χ1v) is 8.95. The first-order valence-electron chi connectivity index (χ1n) is 8.95. The highest BCUT2D eigenvalue weighted by Crippen LogP contribution is 2.25. The number of morpholine rings is 1. The maximum Gasteiger partial charge on any atom is 0.254 e. The van der Waals surface area contributed by atoms with Gasteiger partial charge in [-0.3, -0.25) is 4.79 Å². The standard InChI is InChI=1S/C20H23N3O2/c1-13-10-14(2)22-19(21-13)18-12-23(8-9-25-18)20(24)17-7-6-15-4-3-5-16(15)11-17/h6-7,10-11,18H,3-5,8-9,12H2,1-2H3/t18-/m0/s1. The first kappa shape index (κ1) is 16.2. The van der Waals surface area contributed by atoms with Gasteiger partial charge in [0.2, 0.25) is 0 Å². The number of benzene rings is 1. The van der Waals surface area contributed by atoms with E-state index < -0.39 is 0 Å². The van der Waals surface area contributed by atoms with Crippen LogP contribution in [-0.2, 0) is 17.6 Å². The molecular weight excluding hydrogens is 314 g/mol. The molecule has 2 aliphatic rings. The van der Waals surface area contributed by atoms with Crippen molar-refractivity contribution >= 4 is 5.91 Å². The third-order valence-corrected chi connectivity index (χ3v) is 4.99. The fourth-order valence-corrected chi connectivity index (χ4v) is 3.77. The Kier molecular flexibility index (Phi) is 4.25. The lowest BCUT2D eigenvalue weighted by molar-refractivity contribution is -0.0269. The molecule has 1 aliphatic carbocycles. The number of rotatable bonds is 2. The molecule has 0 N–H and O–H groups in total. The van der Waals surface area contributed by atoms with Gasteiger partial charge in [0.05, 0.1) is 13.2 Å². The van der Waals surface area contributed by atoms with Crippen LogP contribution in [-0.4, -0.2) is 40.5 Å². The molecular formula is C20H23N3O2. The molecule has 1 aromatic heterocycles. The van der Waals surface area contributed by atoms with Crippen molar-refractivity contribution < 1.29 is 9.53 Å². The van der Waals surface area contributed by atoms with Gasteiger partial charge >= 0.3 is 0 Å². The highest BCUT2D eigenvalue weighted by atomic mass is 16.5. The second-order valence-corrected chi connectivity index (χ2v) is 6.96. The number of fused-ring (bicyclic) bond motifs is 1. The van der Waals surface area contributed by atoms with Crippen LogP contribution < -0.4 is 0 Å². The third kappa shape index (κ3) is 3.29. The van der Waals surface area contributed by atoms with Crippen LogP contribution in [0.3, 0.4) is 0 Å². The highest BCUT2D eigenvalue weighted by Gasteiger charge is 2.28. The van der Waals surface area contributed by atoms with Gasteiger partial charge in [0.15, 0.2) is 5.82 Å². The molecule has 0 saturated carbocycles. The van der Waals surface area contributed by atoms with Crippen LogP contribution in [0.1, 0.15) is 51.2 Å². The van der Waals surface area contributed by atoms with Crippen LogP contribution >= 0.6 is 0 Å². The molecule has 1 atom stereocenters. The fraction of sp³-hybridized carbons (Fsp3) is 0.450. The summed E-state index contributed by atoms with van der Waals surface area (Å²) in [5, 5.41) is 0. The van der Waals surface area contributed by atoms with Gasteiger partial charge in [-0.05, 0) is 62.4 Å². The van der Waals surface area contributed by atoms with E-state index in [0.29, 0.717) is 25.5 Å². The third-order valence-electron chi connectivity index (χ3n) is 4.99. The zero-order valence-corrected chi connectivity index (χ0v) is 14.8. The monoisotopic (exact) mass is 337 g/mol. The van der Waals surface area contributed by atoms with Gasteiger partial charge in [0.25, 0.3) is 5.91 Å². The maximum atomic E-state index is 12.9. The van der Waals surface area contributed by atoms with Crippen LogP contribution in [0.2, 0.25) is 0 Å². The molecule has 1 fully saturated rings. The molecule has 0 unspecified atom stereocenters. The van der Waals surface area contributed by atoms with Gasteiger partial charge in [-0.1, -0.05) is 6.07 Å². The highest BCUT2D eigenvalue weighted by molar-refractivity contribution is 5.94. The minimum atomic E-state index is -0.259. The largest absolute Gasteiger partial charge is 0.367 e. The van der Waals surface area contributed by atoms with Crippen molar-refractivity contribution in [3.05, 3.63) is 58.2 Å². The van der Waals surface area contributed by atoms with Crippen molar-refractivity contribution in [3.63, 3.8) is 0 Å². The van der Waals surface area contributed by atoms with Gasteiger partial charge in [0.1, 0.15) is 6.10 Å². The predicted molar refractivity (Wildman–Crippen MR) is 94.6 cm³/mol. The van der Waals surface area contributed by atoms with Gasteiger partial charge in [-0.15, -0.1) is 0 Å². The molecule has 1 aromatic carbocycles. The van der Waals surface area contributed by atoms with E-state index in [1.807, 2.05) is 30.9 Å². The van der Waals surface area contributed by atoms with Crippen molar-refractivity contribution in [2.24, 2.45) is 0 Å². The number of carbonyl (C=O) groups is 1. The van der Waals surface area contributed by atoms with E-state index in [1.165, 1.54) is 17.5 Å². The number of ether oxygens (including phenoxy) is 1. The summed E-state index contributed by atoms with van der Waals surface area (Å²) in [6, 6.07) is 8.09. The van der Waals surface area contributed by atoms with Gasteiger partial charge in [-0.2, -0.15) is 0 Å². The number of hydrogen-bond donors (Lipinski definition) is 0. The summed E-state index contributed by atoms with van der Waals surface area (Å²) < 4.78 is 5.85. The van der Waals surface area contributed by atoms with Crippen LogP contribution in [0.4, 0.5) is 0 Å². The van der Waals surface area contributed by atoms with Crippen molar-refractivity contribution in [2.75, 3.05) is 19.7 Å². The zero-order valence-electron chi connectivity index (χ0n) is 14.8. The molecule has 0 spiro atoms. The summed E-state index contributed by atoms with van der Waals surface area (Å²) in [6.07, 6.45) is 3.15. The zero-order chi connectivity index (χ0) is 17.4. The smallest absolute Gasteiger partial charge is 0.254 e. The molecule has 2 heterocycles. The summed E-state index contributed by atoms with van der Waals surface area (Å²) in [6.45, 7) is 5.52. The van der Waals surface area contributed by atoms with E-state index in [9.17, 15) is 4.79 Å². The minimum absolute atomic E-state index is 0.0763. The Morgan fingerprint density at radius 3 is 2.68 bits per heavy atom. The summed E-state index contributed by atoms with van der Waals surface area (Å²) in [5.41, 5.74) is 5.34. The molecule has 0 radical (unpaired) electrons. The molecule has 1 saturated heterocycles. The second kappa shape index (κ2) is 6.56. The van der Waals surface area contributed by atoms with E-state index in [2.05, 4.69) is 22.1 Å². The van der Waals surface area contributed by atoms with Gasteiger partial charge in [-0.25, -0.2) is 9.97 Å². The Hall–Kier alpha value is -2.27. The second-order valence-electron chi connectivity index (χ2n) is 6.96. The lowest BCUT2D eigenvalue weighted by Gasteiger charge is -2.32. The number of amides is 1. The molecule has 5 nitrogen and oxygen atoms in total. The van der Waals surface area contributed by atoms with Crippen LogP contribution in [0, 0.1) is 13.8 Å². The molecule has 130 valence electrons. The number of aromatic nitrogens is 2. The molecule has 4 rings (SSSR count). The molecule has 1 amide bonds. The van der Waals surface area contributed by atoms with Gasteiger partial charge < -0.3 is 9.64 Å². The Labute approximate surface area is 148 Å². The summed E-state index contributed by atoms with van der Waals surface area (Å²) >= 11 is 0. The Bertz CT molecular complexity index is 798. The van der Waals surface area contributed by atoms with E-state index in [-0.39, 0.29) is 12.0 Å². The summed E-state index contributed by atoms with van der Waals surface area (Å²) in [7, 11) is 0. The van der Waals surface area contributed by atoms with Crippen molar-refractivity contribution in [1.29, 1.82) is 0 Å². The summed E-state index contributed by atoms with van der Waals surface area (Å²) in [4.78, 5) is 23.8. The summed E-state index contributed by atoms with van der Waals surface area (Å²) in [5.74, 6) is 0.747. The van der Waals surface area contributed by atoms with E-state index in [4.69, 9.17) is 4.74 Å². The Morgan fingerprint density at radius 2 is 1.88 bits per heavy atom. The molecule has 0 bridgehead atoms. The number of aryl methyl sites for hydroxylation is 4. The van der Waals surface area contributed by atoms with Crippen LogP contribution in [0.25, 0.3) is 0 Å². The number of hydrogen-bond acceptors (Lipinski definition) is 4. The van der Waals surface area contributed by atoms with Gasteiger partial charge in [0, 0.05) is 23.5 Å². The molecule has 1 aliphatic heterocycles. The fourth-order valence-electron chi connectivity index (χ4n) is 3.77. The predicted octanol–water partition coefficient (Wildman–Crippen LogP) is 2.80. The Morgan fingerprint density at radius 1 is 1.12 bits per heavy atom. The van der Waals surface area contributed by atoms with Crippen molar-refractivity contribution in [1.82, 2.24) is 14.9 Å². The average molecular weight is 337 g/mol. The minimum Gasteiger partial charge on any atom is -0.367 e. The molecule has 2 aromatic rings. The SMILES string of the molecule is Cc1cc(C)nc([C@@H]2CN(C(=O)c3ccc4c(c3)CCC4)CCO2)n1. The number of carbonyl (C=O) groups excluding carboxylic acids is 1. The van der Waals surface area contributed by atoms with Crippen LogP contribution in [0.5, 0.6) is 0 Å². The topological polar surface area (TPSA) is 55.3 Å².